The number of hydrogen-bond donors (Lipinski definition) is 1. The van der Waals surface area contributed by atoms with E-state index in [1.54, 1.807) is 23.2 Å². The molecule has 1 aliphatic heterocycles. The maximum absolute atomic E-state index is 12.9. The number of benzene rings is 1. The minimum atomic E-state index is -0.329. The monoisotopic (exact) mass is 341 g/mol. The first-order valence-electron chi connectivity index (χ1n) is 8.31. The van der Waals surface area contributed by atoms with Crippen LogP contribution in [-0.4, -0.2) is 34.8 Å². The van der Waals surface area contributed by atoms with E-state index < -0.39 is 0 Å². The maximum atomic E-state index is 12.9. The van der Waals surface area contributed by atoms with Gasteiger partial charge in [-0.15, -0.1) is 0 Å². The predicted octanol–water partition coefficient (Wildman–Crippen LogP) is 1.93. The molecule has 0 radical (unpaired) electrons. The lowest BCUT2D eigenvalue weighted by Gasteiger charge is -2.16. The van der Waals surface area contributed by atoms with Gasteiger partial charge in [0.1, 0.15) is 5.82 Å². The van der Waals surface area contributed by atoms with Gasteiger partial charge in [-0.25, -0.2) is 4.39 Å². The first-order chi connectivity index (χ1) is 12.1. The molecule has 1 atom stereocenters. The van der Waals surface area contributed by atoms with E-state index in [0.29, 0.717) is 26.1 Å². The molecule has 0 aliphatic carbocycles. The molecule has 0 spiro atoms. The van der Waals surface area contributed by atoms with E-state index in [4.69, 9.17) is 0 Å². The van der Waals surface area contributed by atoms with Crippen LogP contribution in [0.4, 0.5) is 4.39 Å². The Kier molecular flexibility index (Phi) is 5.38. The number of hydrogen-bond acceptors (Lipinski definition) is 3. The summed E-state index contributed by atoms with van der Waals surface area (Å²) in [6.07, 6.45) is 2.56. The number of nitrogens with one attached hydrogen (secondary N) is 1. The lowest BCUT2D eigenvalue weighted by Crippen LogP contribution is -2.33. The largest absolute Gasteiger partial charge is 0.350 e. The van der Waals surface area contributed by atoms with Crippen molar-refractivity contribution < 1.29 is 14.0 Å². The van der Waals surface area contributed by atoms with Crippen LogP contribution in [0.1, 0.15) is 17.7 Å². The average Bonchev–Trinajstić information content (AvgIpc) is 3.01. The molecule has 2 heterocycles. The standard InChI is InChI=1S/C19H20FN3O2/c20-16-6-4-14(5-7-16)8-10-23-13-15(11-18(23)24)19(25)22-12-17-3-1-2-9-21-17/h1-7,9,15H,8,10-13H2,(H,22,25). The van der Waals surface area contributed by atoms with Crippen LogP contribution < -0.4 is 5.32 Å². The topological polar surface area (TPSA) is 62.3 Å². The highest BCUT2D eigenvalue weighted by Crippen LogP contribution is 2.18. The van der Waals surface area contributed by atoms with Gasteiger partial charge in [0, 0.05) is 25.7 Å². The van der Waals surface area contributed by atoms with Crippen molar-refractivity contribution in [1.29, 1.82) is 0 Å². The number of amides is 2. The van der Waals surface area contributed by atoms with Crippen LogP contribution in [0.2, 0.25) is 0 Å². The number of nitrogens with zero attached hydrogens (tertiary/aromatic N) is 2. The Hall–Kier alpha value is -2.76. The van der Waals surface area contributed by atoms with Crippen molar-refractivity contribution in [3.63, 3.8) is 0 Å². The number of carbonyl (C=O) groups is 2. The van der Waals surface area contributed by atoms with Gasteiger partial charge < -0.3 is 10.2 Å². The summed E-state index contributed by atoms with van der Waals surface area (Å²) >= 11 is 0. The van der Waals surface area contributed by atoms with Gasteiger partial charge in [0.15, 0.2) is 0 Å². The van der Waals surface area contributed by atoms with Gasteiger partial charge in [0.25, 0.3) is 0 Å². The molecule has 1 N–H and O–H groups in total. The van der Waals surface area contributed by atoms with Gasteiger partial charge in [-0.2, -0.15) is 0 Å². The first-order valence-corrected chi connectivity index (χ1v) is 8.31. The van der Waals surface area contributed by atoms with Crippen LogP contribution in [0, 0.1) is 11.7 Å². The van der Waals surface area contributed by atoms with Crippen molar-refractivity contribution in [2.45, 2.75) is 19.4 Å². The molecular formula is C19H20FN3O2. The third-order valence-electron chi connectivity index (χ3n) is 4.34. The van der Waals surface area contributed by atoms with Crippen LogP contribution in [0.5, 0.6) is 0 Å². The SMILES string of the molecule is O=C(NCc1ccccn1)C1CC(=O)N(CCc2ccc(F)cc2)C1. The van der Waals surface area contributed by atoms with Crippen LogP contribution in [0.25, 0.3) is 0 Å². The number of likely N-dealkylation sites (tertiary alicyclic amines) is 1. The van der Waals surface area contributed by atoms with Gasteiger partial charge in [-0.3, -0.25) is 14.6 Å². The third-order valence-corrected chi connectivity index (χ3v) is 4.34. The predicted molar refractivity (Wildman–Crippen MR) is 90.9 cm³/mol. The van der Waals surface area contributed by atoms with Crippen molar-refractivity contribution in [2.75, 3.05) is 13.1 Å². The fraction of sp³-hybridized carbons (Fsp3) is 0.316. The summed E-state index contributed by atoms with van der Waals surface area (Å²) in [5.41, 5.74) is 1.76. The fourth-order valence-corrected chi connectivity index (χ4v) is 2.90. The van der Waals surface area contributed by atoms with Crippen molar-refractivity contribution in [1.82, 2.24) is 15.2 Å². The highest BCUT2D eigenvalue weighted by atomic mass is 19.1. The molecular weight excluding hydrogens is 321 g/mol. The zero-order chi connectivity index (χ0) is 17.6. The zero-order valence-corrected chi connectivity index (χ0v) is 13.8. The molecule has 25 heavy (non-hydrogen) atoms. The van der Waals surface area contributed by atoms with Gasteiger partial charge >= 0.3 is 0 Å². The highest BCUT2D eigenvalue weighted by Gasteiger charge is 2.33. The van der Waals surface area contributed by atoms with Gasteiger partial charge in [-0.1, -0.05) is 18.2 Å². The van der Waals surface area contributed by atoms with Crippen LogP contribution >= 0.6 is 0 Å². The Bertz CT molecular complexity index is 734. The van der Waals surface area contributed by atoms with Gasteiger partial charge in [0.2, 0.25) is 11.8 Å². The van der Waals surface area contributed by atoms with Crippen molar-refractivity contribution in [2.24, 2.45) is 5.92 Å². The molecule has 2 aromatic rings. The van der Waals surface area contributed by atoms with E-state index in [9.17, 15) is 14.0 Å². The highest BCUT2D eigenvalue weighted by molar-refractivity contribution is 5.89. The fourth-order valence-electron chi connectivity index (χ4n) is 2.90. The zero-order valence-electron chi connectivity index (χ0n) is 13.8. The molecule has 1 saturated heterocycles. The summed E-state index contributed by atoms with van der Waals surface area (Å²) < 4.78 is 12.9. The summed E-state index contributed by atoms with van der Waals surface area (Å²) in [4.78, 5) is 30.2. The average molecular weight is 341 g/mol. The van der Waals surface area contributed by atoms with Crippen molar-refractivity contribution in [3.8, 4) is 0 Å². The Morgan fingerprint density at radius 1 is 1.24 bits per heavy atom. The Balaban J connectivity index is 1.48. The second-order valence-electron chi connectivity index (χ2n) is 6.16. The van der Waals surface area contributed by atoms with E-state index in [2.05, 4.69) is 10.3 Å². The van der Waals surface area contributed by atoms with E-state index in [0.717, 1.165) is 11.3 Å². The van der Waals surface area contributed by atoms with Crippen LogP contribution in [-0.2, 0) is 22.6 Å². The van der Waals surface area contributed by atoms with E-state index in [1.165, 1.54) is 12.1 Å². The van der Waals surface area contributed by atoms with Crippen molar-refractivity contribution >= 4 is 11.8 Å². The smallest absolute Gasteiger partial charge is 0.225 e. The lowest BCUT2D eigenvalue weighted by molar-refractivity contribution is -0.129. The molecule has 1 unspecified atom stereocenters. The van der Waals surface area contributed by atoms with Gasteiger partial charge in [0.05, 0.1) is 18.2 Å². The molecule has 3 rings (SSSR count). The summed E-state index contributed by atoms with van der Waals surface area (Å²) in [7, 11) is 0. The molecule has 1 aliphatic rings. The molecule has 6 heteroatoms. The van der Waals surface area contributed by atoms with E-state index >= 15 is 0 Å². The Labute approximate surface area is 145 Å². The minimum absolute atomic E-state index is 0.0138. The molecule has 1 aromatic heterocycles. The van der Waals surface area contributed by atoms with Crippen molar-refractivity contribution in [3.05, 3.63) is 65.7 Å². The maximum Gasteiger partial charge on any atom is 0.225 e. The molecule has 1 fully saturated rings. The summed E-state index contributed by atoms with van der Waals surface area (Å²) in [5, 5.41) is 2.84. The molecule has 5 nitrogen and oxygen atoms in total. The van der Waals surface area contributed by atoms with Crippen LogP contribution in [0.3, 0.4) is 0 Å². The molecule has 130 valence electrons. The number of halogens is 1. The number of rotatable bonds is 6. The number of pyridine rings is 1. The Morgan fingerprint density at radius 2 is 2.04 bits per heavy atom. The van der Waals surface area contributed by atoms with E-state index in [1.807, 2.05) is 18.2 Å². The second-order valence-corrected chi connectivity index (χ2v) is 6.16. The lowest BCUT2D eigenvalue weighted by atomic mass is 10.1. The third kappa shape index (κ3) is 4.62. The molecule has 1 aromatic carbocycles. The van der Waals surface area contributed by atoms with Crippen LogP contribution in [0.15, 0.2) is 48.7 Å². The Morgan fingerprint density at radius 3 is 2.76 bits per heavy atom. The summed E-state index contributed by atoms with van der Waals surface area (Å²) in [6.45, 7) is 1.32. The number of carbonyl (C=O) groups excluding carboxylic acids is 2. The molecule has 0 saturated carbocycles. The first kappa shape index (κ1) is 17.1. The normalized spacial score (nSPS) is 16.9. The molecule has 0 bridgehead atoms. The summed E-state index contributed by atoms with van der Waals surface area (Å²) in [5.74, 6) is -0.738. The second kappa shape index (κ2) is 7.88. The molecule has 2 amide bonds. The summed E-state index contributed by atoms with van der Waals surface area (Å²) in [6, 6.07) is 11.8. The van der Waals surface area contributed by atoms with Gasteiger partial charge in [-0.05, 0) is 36.2 Å². The van der Waals surface area contributed by atoms with E-state index in [-0.39, 0.29) is 30.0 Å². The quantitative estimate of drug-likeness (QED) is 0.873. The number of aromatic nitrogens is 1. The minimum Gasteiger partial charge on any atom is -0.350 e.